The zero-order valence-corrected chi connectivity index (χ0v) is 11.2. The van der Waals surface area contributed by atoms with E-state index >= 15 is 0 Å². The third kappa shape index (κ3) is 3.20. The van der Waals surface area contributed by atoms with E-state index in [1.54, 1.807) is 6.07 Å². The summed E-state index contributed by atoms with van der Waals surface area (Å²) in [6, 6.07) is 5.42. The minimum Gasteiger partial charge on any atom is -0.393 e. The lowest BCUT2D eigenvalue weighted by molar-refractivity contribution is -0.384. The summed E-state index contributed by atoms with van der Waals surface area (Å²) in [7, 11) is 0. The number of nitrogens with two attached hydrogens (primary N) is 1. The van der Waals surface area contributed by atoms with Crippen LogP contribution >= 0.6 is 0 Å². The fourth-order valence-electron chi connectivity index (χ4n) is 1.95. The Hall–Kier alpha value is -1.62. The second-order valence-corrected chi connectivity index (χ2v) is 4.43. The van der Waals surface area contributed by atoms with Crippen LogP contribution in [0, 0.1) is 10.1 Å². The van der Waals surface area contributed by atoms with Gasteiger partial charge in [0.25, 0.3) is 5.69 Å². The maximum atomic E-state index is 10.8. The fraction of sp³-hybridized carbons (Fsp3) is 0.538. The number of rotatable bonds is 6. The zero-order chi connectivity index (χ0) is 13.7. The number of nitro benzene ring substituents is 1. The summed E-state index contributed by atoms with van der Waals surface area (Å²) in [5.74, 6) is 0. The number of nitro groups is 1. The van der Waals surface area contributed by atoms with E-state index in [9.17, 15) is 10.1 Å². The number of hydrogen-bond donors (Lipinski definition) is 1. The van der Waals surface area contributed by atoms with Gasteiger partial charge >= 0.3 is 0 Å². The summed E-state index contributed by atoms with van der Waals surface area (Å²) in [6.45, 7) is 7.91. The molecule has 18 heavy (non-hydrogen) atoms. The molecule has 1 rings (SSSR count). The van der Waals surface area contributed by atoms with Crippen molar-refractivity contribution in [2.75, 3.05) is 12.3 Å². The van der Waals surface area contributed by atoms with Crippen LogP contribution in [0.4, 0.5) is 11.4 Å². The molecule has 0 spiro atoms. The third-order valence-corrected chi connectivity index (χ3v) is 3.36. The van der Waals surface area contributed by atoms with Gasteiger partial charge in [0.05, 0.1) is 4.92 Å². The Labute approximate surface area is 108 Å². The Kier molecular flexibility index (Phi) is 5.09. The van der Waals surface area contributed by atoms with E-state index in [1.807, 2.05) is 6.07 Å². The Morgan fingerprint density at radius 2 is 2.11 bits per heavy atom. The maximum Gasteiger partial charge on any atom is 0.292 e. The van der Waals surface area contributed by atoms with Crippen molar-refractivity contribution in [2.45, 2.75) is 39.8 Å². The molecule has 0 aliphatic rings. The van der Waals surface area contributed by atoms with Gasteiger partial charge in [-0.15, -0.1) is 0 Å². The third-order valence-electron chi connectivity index (χ3n) is 3.36. The van der Waals surface area contributed by atoms with Crippen molar-refractivity contribution >= 4 is 11.4 Å². The molecular formula is C13H21N3O2. The molecule has 0 saturated heterocycles. The van der Waals surface area contributed by atoms with Gasteiger partial charge in [-0.3, -0.25) is 15.0 Å². The highest BCUT2D eigenvalue weighted by Gasteiger charge is 2.17. The van der Waals surface area contributed by atoms with Crippen molar-refractivity contribution < 1.29 is 4.92 Å². The van der Waals surface area contributed by atoms with Gasteiger partial charge in [-0.25, -0.2) is 0 Å². The second-order valence-electron chi connectivity index (χ2n) is 4.43. The molecule has 0 aliphatic carbocycles. The summed E-state index contributed by atoms with van der Waals surface area (Å²) in [5, 5.41) is 10.8. The monoisotopic (exact) mass is 251 g/mol. The van der Waals surface area contributed by atoms with Crippen molar-refractivity contribution in [2.24, 2.45) is 0 Å². The summed E-state index contributed by atoms with van der Waals surface area (Å²) >= 11 is 0. The molecule has 0 aliphatic heterocycles. The van der Waals surface area contributed by atoms with Crippen molar-refractivity contribution in [1.82, 2.24) is 4.90 Å². The highest BCUT2D eigenvalue weighted by Crippen LogP contribution is 2.26. The normalized spacial score (nSPS) is 12.7. The highest BCUT2D eigenvalue weighted by atomic mass is 16.6. The van der Waals surface area contributed by atoms with E-state index in [1.165, 1.54) is 6.07 Å². The molecule has 0 aromatic heterocycles. The summed E-state index contributed by atoms with van der Waals surface area (Å²) in [6.07, 6.45) is 1.04. The van der Waals surface area contributed by atoms with Gasteiger partial charge in [-0.2, -0.15) is 0 Å². The lowest BCUT2D eigenvalue weighted by Gasteiger charge is -2.27. The second kappa shape index (κ2) is 6.35. The predicted molar refractivity (Wildman–Crippen MR) is 73.3 cm³/mol. The molecule has 1 aromatic carbocycles. The molecule has 0 amide bonds. The lowest BCUT2D eigenvalue weighted by Crippen LogP contribution is -2.32. The van der Waals surface area contributed by atoms with Crippen LogP contribution in [0.5, 0.6) is 0 Å². The molecule has 2 N–H and O–H groups in total. The van der Waals surface area contributed by atoms with E-state index in [4.69, 9.17) is 5.73 Å². The van der Waals surface area contributed by atoms with Crippen molar-refractivity contribution in [3.05, 3.63) is 33.9 Å². The van der Waals surface area contributed by atoms with Crippen molar-refractivity contribution in [1.29, 1.82) is 0 Å². The number of nitrogen functional groups attached to an aromatic ring is 1. The van der Waals surface area contributed by atoms with Gasteiger partial charge in [0.2, 0.25) is 0 Å². The first-order valence-corrected chi connectivity index (χ1v) is 6.27. The molecular weight excluding hydrogens is 230 g/mol. The van der Waals surface area contributed by atoms with Gasteiger partial charge in [-0.05, 0) is 25.5 Å². The molecule has 0 heterocycles. The number of nitrogens with zero attached hydrogens (tertiary/aromatic N) is 2. The molecule has 0 saturated carbocycles. The first-order chi connectivity index (χ1) is 8.51. The van der Waals surface area contributed by atoms with Gasteiger partial charge in [0.1, 0.15) is 5.69 Å². The largest absolute Gasteiger partial charge is 0.393 e. The number of hydrogen-bond acceptors (Lipinski definition) is 4. The Morgan fingerprint density at radius 1 is 1.44 bits per heavy atom. The van der Waals surface area contributed by atoms with E-state index in [2.05, 4.69) is 25.7 Å². The predicted octanol–water partition coefficient (Wildman–Crippen LogP) is 2.80. The average molecular weight is 251 g/mol. The first kappa shape index (κ1) is 14.4. The quantitative estimate of drug-likeness (QED) is 0.479. The van der Waals surface area contributed by atoms with E-state index in [-0.39, 0.29) is 11.4 Å². The molecule has 1 aromatic rings. The minimum atomic E-state index is -0.432. The molecule has 1 unspecified atom stereocenters. The van der Waals surface area contributed by atoms with Gasteiger partial charge < -0.3 is 5.73 Å². The van der Waals surface area contributed by atoms with Crippen LogP contribution in [-0.2, 0) is 6.54 Å². The average Bonchev–Trinajstić information content (AvgIpc) is 2.36. The fourth-order valence-corrected chi connectivity index (χ4v) is 1.95. The zero-order valence-electron chi connectivity index (χ0n) is 11.2. The molecule has 0 bridgehead atoms. The van der Waals surface area contributed by atoms with E-state index in [0.29, 0.717) is 12.6 Å². The molecule has 1 atom stereocenters. The van der Waals surface area contributed by atoms with Gasteiger partial charge in [0.15, 0.2) is 0 Å². The molecule has 0 fully saturated rings. The van der Waals surface area contributed by atoms with Crippen LogP contribution in [0.3, 0.4) is 0 Å². The topological polar surface area (TPSA) is 72.4 Å². The summed E-state index contributed by atoms with van der Waals surface area (Å²) < 4.78 is 0. The standard InChI is InChI=1S/C13H21N3O2/c1-4-10(3)15(5-2)9-11-7-6-8-12(13(11)14)16(17)18/h6-8,10H,4-5,9,14H2,1-3H3. The Balaban J connectivity index is 2.96. The Bertz CT molecular complexity index is 421. The van der Waals surface area contributed by atoms with Crippen molar-refractivity contribution in [3.8, 4) is 0 Å². The van der Waals surface area contributed by atoms with Crippen LogP contribution in [0.25, 0.3) is 0 Å². The van der Waals surface area contributed by atoms with Crippen LogP contribution in [-0.4, -0.2) is 22.4 Å². The number of para-hydroxylation sites is 1. The van der Waals surface area contributed by atoms with Crippen molar-refractivity contribution in [3.63, 3.8) is 0 Å². The molecule has 100 valence electrons. The Morgan fingerprint density at radius 3 is 2.61 bits per heavy atom. The molecule has 5 nitrogen and oxygen atoms in total. The van der Waals surface area contributed by atoms with Gasteiger partial charge in [-0.1, -0.05) is 26.0 Å². The van der Waals surface area contributed by atoms with Crippen LogP contribution in [0.1, 0.15) is 32.8 Å². The highest BCUT2D eigenvalue weighted by molar-refractivity contribution is 5.62. The van der Waals surface area contributed by atoms with E-state index < -0.39 is 4.92 Å². The summed E-state index contributed by atoms with van der Waals surface area (Å²) in [4.78, 5) is 12.7. The lowest BCUT2D eigenvalue weighted by atomic mass is 10.1. The number of anilines is 1. The molecule has 5 heteroatoms. The first-order valence-electron chi connectivity index (χ1n) is 6.27. The smallest absolute Gasteiger partial charge is 0.292 e. The van der Waals surface area contributed by atoms with Crippen LogP contribution < -0.4 is 5.73 Å². The van der Waals surface area contributed by atoms with Gasteiger partial charge in [0, 0.05) is 18.7 Å². The SMILES string of the molecule is CCC(C)N(CC)Cc1cccc([N+](=O)[O-])c1N. The minimum absolute atomic E-state index is 0.00676. The maximum absolute atomic E-state index is 10.8. The van der Waals surface area contributed by atoms with E-state index in [0.717, 1.165) is 18.5 Å². The number of benzene rings is 1. The summed E-state index contributed by atoms with van der Waals surface area (Å²) in [5.41, 5.74) is 6.96. The van der Waals surface area contributed by atoms with Crippen LogP contribution in [0.15, 0.2) is 18.2 Å². The molecule has 0 radical (unpaired) electrons. The van der Waals surface area contributed by atoms with Crippen LogP contribution in [0.2, 0.25) is 0 Å².